The highest BCUT2D eigenvalue weighted by Crippen LogP contribution is 2.40. The van der Waals surface area contributed by atoms with Crippen LogP contribution in [-0.4, -0.2) is 28.4 Å². The normalized spacial score (nSPS) is 20.9. The molecule has 1 aromatic carbocycles. The minimum Gasteiger partial charge on any atom is -0.481 e. The molecule has 1 saturated carbocycles. The van der Waals surface area contributed by atoms with Crippen molar-refractivity contribution in [2.45, 2.75) is 19.9 Å². The van der Waals surface area contributed by atoms with E-state index < -0.39 is 17.8 Å². The molecule has 0 bridgehead atoms. The van der Waals surface area contributed by atoms with E-state index >= 15 is 0 Å². The molecule has 5 heteroatoms. The smallest absolute Gasteiger partial charge is 0.307 e. The first kappa shape index (κ1) is 13.5. The second-order valence-electron chi connectivity index (χ2n) is 4.77. The van der Waals surface area contributed by atoms with Gasteiger partial charge in [-0.25, -0.2) is 4.39 Å². The van der Waals surface area contributed by atoms with Crippen molar-refractivity contribution >= 4 is 11.9 Å². The monoisotopic (exact) mass is 265 g/mol. The average molecular weight is 265 g/mol. The van der Waals surface area contributed by atoms with E-state index in [1.54, 1.807) is 17.0 Å². The zero-order valence-corrected chi connectivity index (χ0v) is 10.7. The highest BCUT2D eigenvalue weighted by atomic mass is 19.1. The predicted octanol–water partition coefficient (Wildman–Crippen LogP) is 1.89. The number of hydrogen-bond acceptors (Lipinski definition) is 2. The van der Waals surface area contributed by atoms with Crippen molar-refractivity contribution in [3.05, 3.63) is 35.6 Å². The molecule has 0 spiro atoms. The summed E-state index contributed by atoms with van der Waals surface area (Å²) in [4.78, 5) is 24.5. The molecule has 0 aromatic heterocycles. The van der Waals surface area contributed by atoms with E-state index in [1.807, 2.05) is 6.92 Å². The molecule has 0 aliphatic heterocycles. The van der Waals surface area contributed by atoms with E-state index in [9.17, 15) is 14.0 Å². The summed E-state index contributed by atoms with van der Waals surface area (Å²) in [7, 11) is 0. The summed E-state index contributed by atoms with van der Waals surface area (Å²) in [6, 6.07) is 6.08. The van der Waals surface area contributed by atoms with Crippen LogP contribution in [0.3, 0.4) is 0 Å². The highest BCUT2D eigenvalue weighted by Gasteiger charge is 2.49. The lowest BCUT2D eigenvalue weighted by atomic mass is 10.2. The molecule has 0 heterocycles. The molecule has 0 radical (unpaired) electrons. The molecule has 1 fully saturated rings. The minimum absolute atomic E-state index is 0.154. The summed E-state index contributed by atoms with van der Waals surface area (Å²) >= 11 is 0. The molecule has 0 saturated heterocycles. The van der Waals surface area contributed by atoms with Crippen molar-refractivity contribution < 1.29 is 19.1 Å². The lowest BCUT2D eigenvalue weighted by molar-refractivity contribution is -0.142. The highest BCUT2D eigenvalue weighted by molar-refractivity contribution is 5.89. The summed E-state index contributed by atoms with van der Waals surface area (Å²) < 4.78 is 13.1. The van der Waals surface area contributed by atoms with Crippen LogP contribution in [0, 0.1) is 17.7 Å². The van der Waals surface area contributed by atoms with Gasteiger partial charge in [-0.1, -0.05) is 12.1 Å². The number of carboxylic acid groups (broad SMARTS) is 1. The van der Waals surface area contributed by atoms with Gasteiger partial charge in [0.2, 0.25) is 5.91 Å². The standard InChI is InChI=1S/C14H16FNO3/c1-2-16(8-9-4-3-5-10(15)6-9)13(17)11-7-12(11)14(18)19/h3-6,11-12H,2,7-8H2,1H3,(H,18,19)/t11-,12+/m1/s1. The van der Waals surface area contributed by atoms with Crippen molar-refractivity contribution in [3.63, 3.8) is 0 Å². The van der Waals surface area contributed by atoms with Gasteiger partial charge in [-0.15, -0.1) is 0 Å². The SMILES string of the molecule is CCN(Cc1cccc(F)c1)C(=O)[C@@H]1C[C@@H]1C(=O)O. The average Bonchev–Trinajstić information content (AvgIpc) is 3.15. The van der Waals surface area contributed by atoms with Crippen molar-refractivity contribution in [2.75, 3.05) is 6.54 Å². The Hall–Kier alpha value is -1.91. The van der Waals surface area contributed by atoms with Gasteiger partial charge >= 0.3 is 5.97 Å². The number of nitrogens with zero attached hydrogens (tertiary/aromatic N) is 1. The molecule has 4 nitrogen and oxygen atoms in total. The van der Waals surface area contributed by atoms with Gasteiger partial charge < -0.3 is 10.0 Å². The number of aliphatic carboxylic acids is 1. The molecule has 1 aromatic rings. The van der Waals surface area contributed by atoms with Crippen LogP contribution in [0.25, 0.3) is 0 Å². The number of amides is 1. The van der Waals surface area contributed by atoms with E-state index in [4.69, 9.17) is 5.11 Å². The molecule has 2 atom stereocenters. The molecule has 19 heavy (non-hydrogen) atoms. The van der Waals surface area contributed by atoms with Crippen molar-refractivity contribution in [1.29, 1.82) is 0 Å². The third-order valence-electron chi connectivity index (χ3n) is 3.38. The third-order valence-corrected chi connectivity index (χ3v) is 3.38. The summed E-state index contributed by atoms with van der Waals surface area (Å²) in [5.41, 5.74) is 0.711. The predicted molar refractivity (Wildman–Crippen MR) is 66.7 cm³/mol. The Morgan fingerprint density at radius 2 is 2.16 bits per heavy atom. The number of halogens is 1. The quantitative estimate of drug-likeness (QED) is 0.884. The second-order valence-corrected chi connectivity index (χ2v) is 4.77. The second kappa shape index (κ2) is 5.38. The third kappa shape index (κ3) is 3.10. The Bertz CT molecular complexity index is 503. The molecule has 1 amide bonds. The summed E-state index contributed by atoms with van der Waals surface area (Å²) in [6.07, 6.45) is 0.411. The molecule has 1 aliphatic rings. The van der Waals surface area contributed by atoms with Crippen molar-refractivity contribution in [1.82, 2.24) is 4.90 Å². The Kier molecular flexibility index (Phi) is 3.83. The molecule has 1 N–H and O–H groups in total. The number of hydrogen-bond donors (Lipinski definition) is 1. The van der Waals surface area contributed by atoms with Gasteiger partial charge in [0.05, 0.1) is 11.8 Å². The van der Waals surface area contributed by atoms with Gasteiger partial charge in [0, 0.05) is 13.1 Å². The van der Waals surface area contributed by atoms with E-state index in [-0.39, 0.29) is 11.7 Å². The summed E-state index contributed by atoms with van der Waals surface area (Å²) in [5, 5.41) is 8.83. The zero-order chi connectivity index (χ0) is 14.0. The van der Waals surface area contributed by atoms with Gasteiger partial charge in [-0.05, 0) is 31.0 Å². The van der Waals surface area contributed by atoms with E-state index in [1.165, 1.54) is 12.1 Å². The molecule has 102 valence electrons. The molecule has 0 unspecified atom stereocenters. The van der Waals surface area contributed by atoms with Crippen LogP contribution in [0.1, 0.15) is 18.9 Å². The van der Waals surface area contributed by atoms with Crippen LogP contribution < -0.4 is 0 Å². The number of carbonyl (C=O) groups is 2. The number of carboxylic acids is 1. The van der Waals surface area contributed by atoms with Gasteiger partial charge in [0.25, 0.3) is 0 Å². The van der Waals surface area contributed by atoms with E-state index in [2.05, 4.69) is 0 Å². The Balaban J connectivity index is 2.01. The van der Waals surface area contributed by atoms with E-state index in [0.29, 0.717) is 25.1 Å². The first-order valence-electron chi connectivity index (χ1n) is 6.29. The Labute approximate surface area is 110 Å². The fraction of sp³-hybridized carbons (Fsp3) is 0.429. The van der Waals surface area contributed by atoms with Gasteiger partial charge in [-0.2, -0.15) is 0 Å². The van der Waals surface area contributed by atoms with Crippen molar-refractivity contribution in [3.8, 4) is 0 Å². The fourth-order valence-electron chi connectivity index (χ4n) is 2.18. The van der Waals surface area contributed by atoms with Crippen molar-refractivity contribution in [2.24, 2.45) is 11.8 Å². The van der Waals surface area contributed by atoms with Crippen LogP contribution in [0.5, 0.6) is 0 Å². The van der Waals surface area contributed by atoms with E-state index in [0.717, 1.165) is 0 Å². The Morgan fingerprint density at radius 3 is 2.68 bits per heavy atom. The molecule has 2 rings (SSSR count). The first-order valence-corrected chi connectivity index (χ1v) is 6.29. The van der Waals surface area contributed by atoms with Gasteiger partial charge in [0.1, 0.15) is 5.82 Å². The van der Waals surface area contributed by atoms with Crippen LogP contribution >= 0.6 is 0 Å². The fourth-order valence-corrected chi connectivity index (χ4v) is 2.18. The molecule has 1 aliphatic carbocycles. The molecular formula is C14H16FNO3. The zero-order valence-electron chi connectivity index (χ0n) is 10.7. The molecular weight excluding hydrogens is 249 g/mol. The Morgan fingerprint density at radius 1 is 1.42 bits per heavy atom. The summed E-state index contributed by atoms with van der Waals surface area (Å²) in [6.45, 7) is 2.63. The first-order chi connectivity index (χ1) is 9.02. The van der Waals surface area contributed by atoms with Gasteiger partial charge in [-0.3, -0.25) is 9.59 Å². The topological polar surface area (TPSA) is 57.6 Å². The number of benzene rings is 1. The lowest BCUT2D eigenvalue weighted by Crippen LogP contribution is -2.32. The maximum Gasteiger partial charge on any atom is 0.307 e. The maximum atomic E-state index is 13.1. The van der Waals surface area contributed by atoms with Crippen LogP contribution in [-0.2, 0) is 16.1 Å². The number of carbonyl (C=O) groups excluding carboxylic acids is 1. The maximum absolute atomic E-state index is 13.1. The largest absolute Gasteiger partial charge is 0.481 e. The van der Waals surface area contributed by atoms with Crippen LogP contribution in [0.2, 0.25) is 0 Å². The summed E-state index contributed by atoms with van der Waals surface area (Å²) in [5.74, 6) is -2.37. The minimum atomic E-state index is -0.917. The van der Waals surface area contributed by atoms with Crippen LogP contribution in [0.4, 0.5) is 4.39 Å². The van der Waals surface area contributed by atoms with Gasteiger partial charge in [0.15, 0.2) is 0 Å². The van der Waals surface area contributed by atoms with Crippen LogP contribution in [0.15, 0.2) is 24.3 Å². The lowest BCUT2D eigenvalue weighted by Gasteiger charge is -2.21. The number of rotatable bonds is 5.